The Hall–Kier alpha value is -13.8. The first-order chi connectivity index (χ1) is 51.7. The van der Waals surface area contributed by atoms with E-state index in [4.69, 9.17) is 29.9 Å². The van der Waals surface area contributed by atoms with Gasteiger partial charge in [-0.3, -0.25) is 0 Å². The molecule has 0 unspecified atom stereocenters. The lowest BCUT2D eigenvalue weighted by Gasteiger charge is -2.19. The molecule has 0 atom stereocenters. The fourth-order valence-electron chi connectivity index (χ4n) is 15.1. The number of nitrogens with zero attached hydrogens (tertiary/aromatic N) is 9. The van der Waals surface area contributed by atoms with Gasteiger partial charge in [-0.25, -0.2) is 34.3 Å². The number of aromatic nitrogens is 9. The zero-order valence-corrected chi connectivity index (χ0v) is 58.1. The molecule has 1 N–H and O–H groups in total. The number of benzene rings is 14. The van der Waals surface area contributed by atoms with E-state index >= 15 is 4.39 Å². The predicted octanol–water partition coefficient (Wildman–Crippen LogP) is 23.8. The van der Waals surface area contributed by atoms with Crippen LogP contribution in [-0.2, 0) is 0 Å². The minimum absolute atomic E-state index is 0.249. The van der Waals surface area contributed by atoms with Crippen molar-refractivity contribution >= 4 is 76.8 Å². The quantitative estimate of drug-likeness (QED) is 0.130. The van der Waals surface area contributed by atoms with Crippen molar-refractivity contribution in [2.45, 2.75) is 27.7 Å². The van der Waals surface area contributed by atoms with E-state index in [1.807, 2.05) is 152 Å². The first-order valence-electron chi connectivity index (χ1n) is 35.3. The molecule has 0 bridgehead atoms. The third kappa shape index (κ3) is 11.4. The van der Waals surface area contributed by atoms with Gasteiger partial charge in [0.15, 0.2) is 34.9 Å². The molecule has 14 aromatic carbocycles. The van der Waals surface area contributed by atoms with Crippen molar-refractivity contribution in [2.75, 3.05) is 5.32 Å². The molecule has 11 heteroatoms. The maximum atomic E-state index is 17.7. The fourth-order valence-corrected chi connectivity index (χ4v) is 15.1. The number of hydrogen-bond donors (Lipinski definition) is 1. The SMILES string of the molecule is Cc1cccc(C)c1-n1c2ccccc2c2cc(-n3c4ccccc4c4ccccc43)cc(-c3nc(-c4ccccc4)nc(-c4ccccc4)n3)c21.Cc1cccc(C)c1Nc1ccccc1-c1cc(-n2c3ccccc3c3ccccc32)cc(-c2nc(-c3ccccc3)nc(-c3ccccc3)n2)c1F. The molecule has 0 saturated heterocycles. The highest BCUT2D eigenvalue weighted by Crippen LogP contribution is 2.45. The summed E-state index contributed by atoms with van der Waals surface area (Å²) in [5.41, 5.74) is 21.8. The number of para-hydroxylation sites is 8. The van der Waals surface area contributed by atoms with Gasteiger partial charge >= 0.3 is 0 Å². The highest BCUT2D eigenvalue weighted by molar-refractivity contribution is 6.16. The Morgan fingerprint density at radius 2 is 0.571 bits per heavy atom. The molecular formula is C94H67FN10. The van der Waals surface area contributed by atoms with E-state index in [2.05, 4.69) is 223 Å². The summed E-state index contributed by atoms with van der Waals surface area (Å²) in [6, 6.07) is 112. The lowest BCUT2D eigenvalue weighted by molar-refractivity contribution is 0.633. The summed E-state index contributed by atoms with van der Waals surface area (Å²) in [7, 11) is 0. The zero-order chi connectivity index (χ0) is 70.7. The molecule has 0 spiro atoms. The van der Waals surface area contributed by atoms with Gasteiger partial charge in [-0.05, 0) is 111 Å². The van der Waals surface area contributed by atoms with E-state index in [1.54, 1.807) is 0 Å². The van der Waals surface area contributed by atoms with Crippen LogP contribution in [0, 0.1) is 33.5 Å². The number of halogens is 1. The van der Waals surface area contributed by atoms with Crippen LogP contribution in [0.3, 0.4) is 0 Å². The summed E-state index contributed by atoms with van der Waals surface area (Å²) in [4.78, 5) is 30.5. The second kappa shape index (κ2) is 26.6. The van der Waals surface area contributed by atoms with Crippen LogP contribution >= 0.6 is 0 Å². The largest absolute Gasteiger partial charge is 0.355 e. The van der Waals surface area contributed by atoms with Gasteiger partial charge in [-0.15, -0.1) is 0 Å². The molecule has 0 saturated carbocycles. The van der Waals surface area contributed by atoms with Crippen molar-refractivity contribution in [2.24, 2.45) is 0 Å². The van der Waals surface area contributed by atoms with E-state index in [0.717, 1.165) is 117 Å². The lowest BCUT2D eigenvalue weighted by Crippen LogP contribution is -2.05. The highest BCUT2D eigenvalue weighted by Gasteiger charge is 2.27. The van der Waals surface area contributed by atoms with Gasteiger partial charge in [-0.2, -0.15) is 0 Å². The van der Waals surface area contributed by atoms with Crippen LogP contribution < -0.4 is 5.32 Å². The van der Waals surface area contributed by atoms with Crippen LogP contribution in [0.25, 0.3) is 162 Å². The Morgan fingerprint density at radius 3 is 1.00 bits per heavy atom. The molecule has 0 radical (unpaired) electrons. The summed E-state index contributed by atoms with van der Waals surface area (Å²) < 4.78 is 24.7. The number of hydrogen-bond acceptors (Lipinski definition) is 7. The summed E-state index contributed by atoms with van der Waals surface area (Å²) >= 11 is 0. The molecule has 500 valence electrons. The Bertz CT molecular complexity index is 6300. The first kappa shape index (κ1) is 63.4. The minimum atomic E-state index is -0.422. The first-order valence-corrected chi connectivity index (χ1v) is 35.3. The average Bonchev–Trinajstić information content (AvgIpc) is 1.57. The van der Waals surface area contributed by atoms with E-state index < -0.39 is 5.82 Å². The molecule has 0 aliphatic rings. The third-order valence-electron chi connectivity index (χ3n) is 20.0. The van der Waals surface area contributed by atoms with Gasteiger partial charge in [0.25, 0.3) is 0 Å². The Morgan fingerprint density at radius 1 is 0.257 bits per heavy atom. The van der Waals surface area contributed by atoms with E-state index in [0.29, 0.717) is 34.7 Å². The minimum Gasteiger partial charge on any atom is -0.355 e. The van der Waals surface area contributed by atoms with Crippen LogP contribution in [0.2, 0.25) is 0 Å². The van der Waals surface area contributed by atoms with E-state index in [-0.39, 0.29) is 11.4 Å². The third-order valence-corrected chi connectivity index (χ3v) is 20.0. The van der Waals surface area contributed by atoms with Crippen molar-refractivity contribution < 1.29 is 4.39 Å². The zero-order valence-electron chi connectivity index (χ0n) is 58.1. The molecule has 0 amide bonds. The van der Waals surface area contributed by atoms with Crippen LogP contribution in [0.15, 0.2) is 328 Å². The molecule has 19 rings (SSSR count). The number of aryl methyl sites for hydroxylation is 4. The molecular weight excluding hydrogens is 1290 g/mol. The number of fused-ring (bicyclic) bond motifs is 9. The average molecular weight is 1360 g/mol. The van der Waals surface area contributed by atoms with Crippen molar-refractivity contribution in [1.82, 2.24) is 43.6 Å². The van der Waals surface area contributed by atoms with Crippen LogP contribution in [0.4, 0.5) is 15.8 Å². The summed E-state index contributed by atoms with van der Waals surface area (Å²) in [6.45, 7) is 8.54. The maximum Gasteiger partial charge on any atom is 0.167 e. The molecule has 105 heavy (non-hydrogen) atoms. The monoisotopic (exact) mass is 1350 g/mol. The Balaban J connectivity index is 0.000000149. The van der Waals surface area contributed by atoms with Crippen LogP contribution in [-0.4, -0.2) is 43.6 Å². The second-order valence-corrected chi connectivity index (χ2v) is 26.6. The normalized spacial score (nSPS) is 11.5. The van der Waals surface area contributed by atoms with E-state index in [1.165, 1.54) is 33.0 Å². The molecule has 5 aromatic heterocycles. The Labute approximate surface area is 606 Å². The summed E-state index contributed by atoms with van der Waals surface area (Å²) in [6.07, 6.45) is 0. The van der Waals surface area contributed by atoms with Gasteiger partial charge in [0, 0.05) is 94.0 Å². The number of rotatable bonds is 12. The topological polar surface area (TPSA) is 104 Å². The number of nitrogens with one attached hydrogen (secondary N) is 1. The molecule has 0 fully saturated rings. The standard InChI is InChI=1S/C47H34FN5.C47H33N5/c1-30-16-15-17-31(2)44(30)49-40-25-12-9-22-35(40)38-28-34(53-41-26-13-10-23-36(41)37-24-11-14-27-42(37)53)29-39(43(38)48)47-51-45(32-18-5-3-6-19-32)50-46(52-47)33-20-7-4-8-21-33;1-30-16-15-17-31(2)43(30)52-42-27-14-11-24-37(42)38-28-34(51-40-25-12-9-22-35(40)36-23-10-13-26-41(36)51)29-39(44(38)52)47-49-45(32-18-5-3-6-19-32)48-46(50-47)33-20-7-4-8-21-33/h3-29,49H,1-2H3;3-29H,1-2H3. The smallest absolute Gasteiger partial charge is 0.167 e. The van der Waals surface area contributed by atoms with Gasteiger partial charge in [-0.1, -0.05) is 267 Å². The van der Waals surface area contributed by atoms with Gasteiger partial charge < -0.3 is 19.0 Å². The molecule has 0 aliphatic carbocycles. The molecule has 0 aliphatic heterocycles. The lowest BCUT2D eigenvalue weighted by atomic mass is 9.98. The number of anilines is 2. The fraction of sp³-hybridized carbons (Fsp3) is 0.0426. The maximum absolute atomic E-state index is 17.7. The van der Waals surface area contributed by atoms with Crippen molar-refractivity contribution in [3.8, 4) is 96.5 Å². The molecule has 19 aromatic rings. The van der Waals surface area contributed by atoms with Gasteiger partial charge in [0.2, 0.25) is 0 Å². The van der Waals surface area contributed by atoms with E-state index in [9.17, 15) is 0 Å². The molecule has 5 heterocycles. The highest BCUT2D eigenvalue weighted by atomic mass is 19.1. The summed E-state index contributed by atoms with van der Waals surface area (Å²) in [5, 5.41) is 10.6. The van der Waals surface area contributed by atoms with Crippen molar-refractivity contribution in [1.29, 1.82) is 0 Å². The van der Waals surface area contributed by atoms with Crippen LogP contribution in [0.1, 0.15) is 22.3 Å². The van der Waals surface area contributed by atoms with Crippen molar-refractivity contribution in [3.63, 3.8) is 0 Å². The van der Waals surface area contributed by atoms with Gasteiger partial charge in [0.05, 0.1) is 44.4 Å². The van der Waals surface area contributed by atoms with Gasteiger partial charge in [0.1, 0.15) is 5.82 Å². The molecule has 10 nitrogen and oxygen atoms in total. The van der Waals surface area contributed by atoms with Crippen molar-refractivity contribution in [3.05, 3.63) is 356 Å². The summed E-state index contributed by atoms with van der Waals surface area (Å²) in [5.74, 6) is 2.65. The second-order valence-electron chi connectivity index (χ2n) is 26.6. The Kier molecular flexibility index (Phi) is 16.1. The predicted molar refractivity (Wildman–Crippen MR) is 429 cm³/mol. The van der Waals surface area contributed by atoms with Crippen LogP contribution in [0.5, 0.6) is 0 Å².